The summed E-state index contributed by atoms with van der Waals surface area (Å²) < 4.78 is 12.5. The first-order chi connectivity index (χ1) is 27.1. The van der Waals surface area contributed by atoms with Crippen LogP contribution in [0.1, 0.15) is 51.8 Å². The fraction of sp³-hybridized carbons (Fsp3) is 0.273. The number of carboxylic acids is 1. The molecule has 0 saturated carbocycles. The van der Waals surface area contributed by atoms with E-state index in [4.69, 9.17) is 21.1 Å². The lowest BCUT2D eigenvalue weighted by molar-refractivity contribution is -0.140. The molecule has 56 heavy (non-hydrogen) atoms. The summed E-state index contributed by atoms with van der Waals surface area (Å²) in [5, 5.41) is 37.7. The molecular weight excluding hydrogens is 730 g/mol. The van der Waals surface area contributed by atoms with Gasteiger partial charge in [0.05, 0.1) is 23.2 Å². The van der Waals surface area contributed by atoms with E-state index in [-0.39, 0.29) is 31.7 Å². The number of ether oxygens (including phenoxy) is 2. The number of aliphatic carboxylic acids is 1. The molecule has 1 saturated heterocycles. The lowest BCUT2D eigenvalue weighted by Gasteiger charge is -2.23. The molecule has 0 bridgehead atoms. The fourth-order valence-electron chi connectivity index (χ4n) is 6.75. The molecule has 1 fully saturated rings. The first-order valence-corrected chi connectivity index (χ1v) is 18.8. The molecule has 288 valence electrons. The van der Waals surface area contributed by atoms with Crippen LogP contribution in [0.3, 0.4) is 0 Å². The number of piperidine rings is 1. The van der Waals surface area contributed by atoms with Crippen LogP contribution in [-0.2, 0) is 35.9 Å². The second kappa shape index (κ2) is 18.7. The predicted molar refractivity (Wildman–Crippen MR) is 214 cm³/mol. The highest BCUT2D eigenvalue weighted by Gasteiger charge is 2.22. The second-order valence-corrected chi connectivity index (χ2v) is 14.2. The van der Waals surface area contributed by atoms with Gasteiger partial charge in [0, 0.05) is 49.2 Å². The number of hydrogen-bond donors (Lipinski definition) is 5. The van der Waals surface area contributed by atoms with Crippen molar-refractivity contribution in [1.82, 2.24) is 20.9 Å². The van der Waals surface area contributed by atoms with E-state index in [1.54, 1.807) is 24.4 Å². The minimum absolute atomic E-state index is 0.0464. The van der Waals surface area contributed by atoms with Crippen molar-refractivity contribution < 1.29 is 29.3 Å². The zero-order chi connectivity index (χ0) is 39.6. The van der Waals surface area contributed by atoms with Crippen LogP contribution in [0.2, 0.25) is 5.02 Å². The van der Waals surface area contributed by atoms with Crippen LogP contribution < -0.4 is 25.4 Å². The topological polar surface area (TPSA) is 166 Å². The molecule has 5 N–H and O–H groups in total. The number of carbonyl (C=O) groups is 2. The number of rotatable bonds is 16. The molecule has 0 aliphatic carbocycles. The summed E-state index contributed by atoms with van der Waals surface area (Å²) in [6.07, 6.45) is 4.89. The Labute approximate surface area is 331 Å². The first-order valence-electron chi connectivity index (χ1n) is 18.4. The molecule has 4 aromatic carbocycles. The van der Waals surface area contributed by atoms with E-state index >= 15 is 0 Å². The van der Waals surface area contributed by atoms with E-state index in [1.807, 2.05) is 12.1 Å². The number of carbonyl (C=O) groups excluding carboxylic acids is 1. The number of pyridine rings is 1. The van der Waals surface area contributed by atoms with Gasteiger partial charge in [-0.05, 0) is 83.3 Å². The van der Waals surface area contributed by atoms with Gasteiger partial charge in [-0.2, -0.15) is 5.26 Å². The molecule has 6 rings (SSSR count). The molecule has 1 aliphatic heterocycles. The molecule has 2 atom stereocenters. The summed E-state index contributed by atoms with van der Waals surface area (Å²) in [6.45, 7) is 5.33. The SMILES string of the molecule is Cc1c(COc2cc(OCc3cncc(C#N)c3)c(CNC(CO)C(=O)O)cc2Cl)cccc1-c1cccc(-c2ccc(CN[C@H]3CCCNC3=O)cc2)c1C. The Morgan fingerprint density at radius 3 is 2.39 bits per heavy atom. The van der Waals surface area contributed by atoms with Crippen molar-refractivity contribution in [2.24, 2.45) is 0 Å². The lowest BCUT2D eigenvalue weighted by atomic mass is 9.89. The van der Waals surface area contributed by atoms with E-state index in [0.717, 1.165) is 63.9 Å². The summed E-state index contributed by atoms with van der Waals surface area (Å²) >= 11 is 6.73. The molecule has 0 spiro atoms. The van der Waals surface area contributed by atoms with Gasteiger partial charge in [-0.1, -0.05) is 72.3 Å². The Balaban J connectivity index is 1.19. The average molecular weight is 774 g/mol. The Morgan fingerprint density at radius 1 is 0.929 bits per heavy atom. The summed E-state index contributed by atoms with van der Waals surface area (Å²) in [4.78, 5) is 27.8. The molecule has 2 heterocycles. The van der Waals surface area contributed by atoms with E-state index in [9.17, 15) is 25.1 Å². The number of halogens is 1. The van der Waals surface area contributed by atoms with Crippen LogP contribution in [0, 0.1) is 25.2 Å². The van der Waals surface area contributed by atoms with Gasteiger partial charge in [0.25, 0.3) is 0 Å². The standard InChI is InChI=1S/C44H44ClN5O6/c1-27-33(26-56-42-18-41(55-25-31-16-30(19-46)20-47-21-31)34(17-38(42)45)23-50-40(24-51)44(53)54)6-3-8-36(27)37-9-4-7-35(28(37)2)32-13-11-29(12-14-32)22-49-39-10-5-15-48-43(39)52/h3-4,6-9,11-14,16-18,20-21,39-40,49-51H,5,10,15,22-26H2,1-2H3,(H,48,52)(H,53,54)/t39-,40?/m0/s1. The van der Waals surface area contributed by atoms with Gasteiger partial charge in [-0.3, -0.25) is 19.9 Å². The van der Waals surface area contributed by atoms with Gasteiger partial charge in [0.2, 0.25) is 5.91 Å². The van der Waals surface area contributed by atoms with Gasteiger partial charge in [0.15, 0.2) is 0 Å². The van der Waals surface area contributed by atoms with Gasteiger partial charge in [-0.25, -0.2) is 0 Å². The highest BCUT2D eigenvalue weighted by molar-refractivity contribution is 6.32. The number of nitrogens with one attached hydrogen (secondary N) is 3. The molecule has 12 heteroatoms. The molecule has 5 aromatic rings. The summed E-state index contributed by atoms with van der Waals surface area (Å²) in [5.41, 5.74) is 10.3. The fourth-order valence-corrected chi connectivity index (χ4v) is 6.99. The monoisotopic (exact) mass is 773 g/mol. The van der Waals surface area contributed by atoms with Crippen molar-refractivity contribution in [2.75, 3.05) is 13.2 Å². The number of aliphatic hydroxyl groups is 1. The highest BCUT2D eigenvalue weighted by atomic mass is 35.5. The molecule has 1 aliphatic rings. The molecule has 0 radical (unpaired) electrons. The van der Waals surface area contributed by atoms with Crippen LogP contribution in [0.4, 0.5) is 0 Å². The Hall–Kier alpha value is -5.77. The first kappa shape index (κ1) is 39.9. The zero-order valence-electron chi connectivity index (χ0n) is 31.3. The molecular formula is C44H44ClN5O6. The number of nitriles is 1. The number of benzene rings is 4. The minimum atomic E-state index is -1.19. The normalized spacial score (nSPS) is 14.4. The number of nitrogens with zero attached hydrogens (tertiary/aromatic N) is 2. The molecule has 11 nitrogen and oxygen atoms in total. The largest absolute Gasteiger partial charge is 0.488 e. The van der Waals surface area contributed by atoms with Crippen molar-refractivity contribution in [3.63, 3.8) is 0 Å². The number of amides is 1. The van der Waals surface area contributed by atoms with E-state index in [0.29, 0.717) is 39.8 Å². The van der Waals surface area contributed by atoms with Crippen LogP contribution in [0.15, 0.2) is 91.3 Å². The van der Waals surface area contributed by atoms with Crippen LogP contribution in [0.5, 0.6) is 11.5 Å². The van der Waals surface area contributed by atoms with Crippen molar-refractivity contribution in [3.8, 4) is 39.8 Å². The Morgan fingerprint density at radius 2 is 1.66 bits per heavy atom. The quantitative estimate of drug-likeness (QED) is 0.0736. The third-order valence-corrected chi connectivity index (χ3v) is 10.3. The summed E-state index contributed by atoms with van der Waals surface area (Å²) in [6, 6.07) is 26.6. The minimum Gasteiger partial charge on any atom is -0.488 e. The van der Waals surface area contributed by atoms with E-state index in [1.165, 1.54) is 6.20 Å². The van der Waals surface area contributed by atoms with Crippen LogP contribution in [-0.4, -0.2) is 52.3 Å². The van der Waals surface area contributed by atoms with Crippen molar-refractivity contribution in [1.29, 1.82) is 5.26 Å². The second-order valence-electron chi connectivity index (χ2n) is 13.7. The van der Waals surface area contributed by atoms with Crippen molar-refractivity contribution >= 4 is 23.5 Å². The highest BCUT2D eigenvalue weighted by Crippen LogP contribution is 2.37. The molecule has 1 unspecified atom stereocenters. The van der Waals surface area contributed by atoms with Gasteiger partial charge in [-0.15, -0.1) is 0 Å². The van der Waals surface area contributed by atoms with E-state index in [2.05, 4.69) is 89.4 Å². The maximum absolute atomic E-state index is 12.1. The van der Waals surface area contributed by atoms with Gasteiger partial charge < -0.3 is 30.3 Å². The smallest absolute Gasteiger partial charge is 0.323 e. The summed E-state index contributed by atoms with van der Waals surface area (Å²) in [5.74, 6) is -0.361. The number of aliphatic hydroxyl groups excluding tert-OH is 1. The maximum atomic E-state index is 12.1. The number of aromatic nitrogens is 1. The summed E-state index contributed by atoms with van der Waals surface area (Å²) in [7, 11) is 0. The van der Waals surface area contributed by atoms with Gasteiger partial charge in [0.1, 0.15) is 36.8 Å². The third kappa shape index (κ3) is 9.72. The number of hydrogen-bond acceptors (Lipinski definition) is 9. The maximum Gasteiger partial charge on any atom is 0.323 e. The Kier molecular flexibility index (Phi) is 13.3. The molecule has 1 aromatic heterocycles. The predicted octanol–water partition coefficient (Wildman–Crippen LogP) is 6.62. The Bertz CT molecular complexity index is 2240. The van der Waals surface area contributed by atoms with Crippen molar-refractivity contribution in [2.45, 2.75) is 65.1 Å². The third-order valence-electron chi connectivity index (χ3n) is 10.0. The molecule has 1 amide bonds. The van der Waals surface area contributed by atoms with E-state index < -0.39 is 18.6 Å². The van der Waals surface area contributed by atoms with Crippen molar-refractivity contribution in [3.05, 3.63) is 135 Å². The van der Waals surface area contributed by atoms with Crippen LogP contribution in [0.25, 0.3) is 22.3 Å². The van der Waals surface area contributed by atoms with Crippen LogP contribution >= 0.6 is 11.6 Å². The zero-order valence-corrected chi connectivity index (χ0v) is 32.0. The lowest BCUT2D eigenvalue weighted by Crippen LogP contribution is -2.47. The average Bonchev–Trinajstić information content (AvgIpc) is 3.21. The number of carboxylic acid groups (broad SMARTS) is 1. The van der Waals surface area contributed by atoms with Gasteiger partial charge >= 0.3 is 5.97 Å².